The summed E-state index contributed by atoms with van der Waals surface area (Å²) in [6.07, 6.45) is 5.71. The Bertz CT molecular complexity index is 443. The van der Waals surface area contributed by atoms with Crippen molar-refractivity contribution in [3.8, 4) is 0 Å². The number of amides is 2. The molecule has 0 radical (unpaired) electrons. The average molecular weight is 369 g/mol. The number of hydrogen-bond acceptors (Lipinski definition) is 4. The predicted molar refractivity (Wildman–Crippen MR) is 102 cm³/mol. The largest absolute Gasteiger partial charge is 0.380 e. The van der Waals surface area contributed by atoms with Crippen LogP contribution in [0.3, 0.4) is 0 Å². The molecule has 1 saturated carbocycles. The van der Waals surface area contributed by atoms with E-state index in [-0.39, 0.29) is 29.7 Å². The summed E-state index contributed by atoms with van der Waals surface area (Å²) in [6.45, 7) is 7.70. The average Bonchev–Trinajstić information content (AvgIpc) is 2.61. The number of ketones is 1. The normalized spacial score (nSPS) is 20.0. The van der Waals surface area contributed by atoms with Crippen molar-refractivity contribution in [3.63, 3.8) is 0 Å². The van der Waals surface area contributed by atoms with Crippen LogP contribution in [0.2, 0.25) is 0 Å². The van der Waals surface area contributed by atoms with Crippen LogP contribution in [0.15, 0.2) is 0 Å². The van der Waals surface area contributed by atoms with E-state index in [9.17, 15) is 14.4 Å². The maximum atomic E-state index is 12.0. The van der Waals surface area contributed by atoms with E-state index >= 15 is 0 Å². The van der Waals surface area contributed by atoms with Crippen molar-refractivity contribution >= 4 is 17.6 Å². The number of ether oxygens (including phenoxy) is 1. The molecule has 6 nitrogen and oxygen atoms in total. The smallest absolute Gasteiger partial charge is 0.220 e. The summed E-state index contributed by atoms with van der Waals surface area (Å²) in [4.78, 5) is 35.7. The Labute approximate surface area is 157 Å². The van der Waals surface area contributed by atoms with E-state index in [1.807, 2.05) is 20.8 Å². The molecule has 0 saturated heterocycles. The fraction of sp³-hybridized carbons (Fsp3) is 0.850. The van der Waals surface area contributed by atoms with Crippen molar-refractivity contribution in [1.82, 2.24) is 10.6 Å². The minimum atomic E-state index is -0.0365. The Kier molecular flexibility index (Phi) is 11.2. The van der Waals surface area contributed by atoms with E-state index < -0.39 is 0 Å². The Balaban J connectivity index is 2.08. The highest BCUT2D eigenvalue weighted by Crippen LogP contribution is 2.27. The summed E-state index contributed by atoms with van der Waals surface area (Å²) < 4.78 is 5.30. The highest BCUT2D eigenvalue weighted by atomic mass is 16.5. The molecular weight excluding hydrogens is 332 g/mol. The van der Waals surface area contributed by atoms with Crippen LogP contribution in [0.1, 0.15) is 72.1 Å². The van der Waals surface area contributed by atoms with Gasteiger partial charge >= 0.3 is 0 Å². The molecule has 0 aromatic rings. The van der Waals surface area contributed by atoms with Gasteiger partial charge in [0.05, 0.1) is 6.61 Å². The van der Waals surface area contributed by atoms with Gasteiger partial charge in [0.1, 0.15) is 5.78 Å². The monoisotopic (exact) mass is 368 g/mol. The second-order valence-corrected chi connectivity index (χ2v) is 7.49. The van der Waals surface area contributed by atoms with Crippen LogP contribution in [-0.2, 0) is 19.1 Å². The van der Waals surface area contributed by atoms with Crippen LogP contribution in [0, 0.1) is 11.8 Å². The zero-order chi connectivity index (χ0) is 19.4. The van der Waals surface area contributed by atoms with Gasteiger partial charge in [-0.05, 0) is 38.5 Å². The van der Waals surface area contributed by atoms with Crippen molar-refractivity contribution in [2.75, 3.05) is 19.8 Å². The van der Waals surface area contributed by atoms with Gasteiger partial charge in [0.15, 0.2) is 0 Å². The third-order valence-corrected chi connectivity index (χ3v) is 4.79. The third-order valence-electron chi connectivity index (χ3n) is 4.79. The van der Waals surface area contributed by atoms with E-state index in [2.05, 4.69) is 10.6 Å². The molecule has 26 heavy (non-hydrogen) atoms. The van der Waals surface area contributed by atoms with E-state index in [0.29, 0.717) is 44.8 Å². The summed E-state index contributed by atoms with van der Waals surface area (Å²) in [5.41, 5.74) is 0. The summed E-state index contributed by atoms with van der Waals surface area (Å²) >= 11 is 0. The molecule has 0 aliphatic heterocycles. The minimum Gasteiger partial charge on any atom is -0.380 e. The molecule has 0 unspecified atom stereocenters. The quantitative estimate of drug-likeness (QED) is 0.519. The SMILES string of the molecule is CCCOCCNC(=O)CCCC(=O)NC1CCC(C(=O)C(C)C)CC1. The van der Waals surface area contributed by atoms with E-state index in [0.717, 1.165) is 32.1 Å². The zero-order valence-electron chi connectivity index (χ0n) is 16.6. The Hall–Kier alpha value is -1.43. The second-order valence-electron chi connectivity index (χ2n) is 7.49. The molecule has 0 spiro atoms. The number of nitrogens with one attached hydrogen (secondary N) is 2. The van der Waals surface area contributed by atoms with Gasteiger partial charge < -0.3 is 15.4 Å². The molecule has 0 bridgehead atoms. The lowest BCUT2D eigenvalue weighted by Gasteiger charge is -2.29. The Morgan fingerprint density at radius 3 is 2.27 bits per heavy atom. The molecule has 1 aliphatic carbocycles. The molecule has 2 amide bonds. The second kappa shape index (κ2) is 12.8. The Morgan fingerprint density at radius 1 is 1.00 bits per heavy atom. The molecule has 150 valence electrons. The summed E-state index contributed by atoms with van der Waals surface area (Å²) in [5.74, 6) is 0.567. The number of carbonyl (C=O) groups excluding carboxylic acids is 3. The van der Waals surface area contributed by atoms with Crippen LogP contribution in [0.5, 0.6) is 0 Å². The predicted octanol–water partition coefficient (Wildman–Crippen LogP) is 2.60. The third kappa shape index (κ3) is 9.32. The zero-order valence-corrected chi connectivity index (χ0v) is 16.6. The summed E-state index contributed by atoms with van der Waals surface area (Å²) in [6, 6.07) is 0.170. The molecular formula is C20H36N2O4. The van der Waals surface area contributed by atoms with Crippen LogP contribution >= 0.6 is 0 Å². The molecule has 1 fully saturated rings. The van der Waals surface area contributed by atoms with Crippen molar-refractivity contribution in [1.29, 1.82) is 0 Å². The van der Waals surface area contributed by atoms with Gasteiger partial charge in [-0.1, -0.05) is 20.8 Å². The van der Waals surface area contributed by atoms with Crippen molar-refractivity contribution in [2.45, 2.75) is 78.2 Å². The molecule has 0 heterocycles. The number of carbonyl (C=O) groups is 3. The van der Waals surface area contributed by atoms with Crippen LogP contribution in [0.4, 0.5) is 0 Å². The molecule has 1 rings (SSSR count). The van der Waals surface area contributed by atoms with Crippen LogP contribution < -0.4 is 10.6 Å². The summed E-state index contributed by atoms with van der Waals surface area (Å²) in [7, 11) is 0. The lowest BCUT2D eigenvalue weighted by Crippen LogP contribution is -2.39. The van der Waals surface area contributed by atoms with E-state index in [1.54, 1.807) is 0 Å². The fourth-order valence-electron chi connectivity index (χ4n) is 3.30. The van der Waals surface area contributed by atoms with Gasteiger partial charge in [0.25, 0.3) is 0 Å². The van der Waals surface area contributed by atoms with Gasteiger partial charge in [0, 0.05) is 43.9 Å². The molecule has 2 N–H and O–H groups in total. The van der Waals surface area contributed by atoms with Crippen molar-refractivity contribution in [3.05, 3.63) is 0 Å². The molecule has 0 aromatic heterocycles. The Morgan fingerprint density at radius 2 is 1.65 bits per heavy atom. The van der Waals surface area contributed by atoms with Crippen LogP contribution in [-0.4, -0.2) is 43.4 Å². The van der Waals surface area contributed by atoms with Gasteiger partial charge in [-0.25, -0.2) is 0 Å². The maximum Gasteiger partial charge on any atom is 0.220 e. The van der Waals surface area contributed by atoms with Crippen LogP contribution in [0.25, 0.3) is 0 Å². The van der Waals surface area contributed by atoms with E-state index in [4.69, 9.17) is 4.74 Å². The lowest BCUT2D eigenvalue weighted by atomic mass is 9.80. The highest BCUT2D eigenvalue weighted by Gasteiger charge is 2.28. The number of rotatable bonds is 12. The van der Waals surface area contributed by atoms with Gasteiger partial charge in [-0.2, -0.15) is 0 Å². The first-order valence-electron chi connectivity index (χ1n) is 10.1. The minimum absolute atomic E-state index is 0.00251. The van der Waals surface area contributed by atoms with Crippen molar-refractivity contribution < 1.29 is 19.1 Å². The molecule has 1 aliphatic rings. The number of Topliss-reactive ketones (excluding diaryl/α,β-unsaturated/α-hetero) is 1. The summed E-state index contributed by atoms with van der Waals surface area (Å²) in [5, 5.41) is 5.84. The lowest BCUT2D eigenvalue weighted by molar-refractivity contribution is -0.127. The first-order chi connectivity index (χ1) is 12.4. The topological polar surface area (TPSA) is 84.5 Å². The first kappa shape index (κ1) is 22.6. The maximum absolute atomic E-state index is 12.0. The first-order valence-corrected chi connectivity index (χ1v) is 10.1. The van der Waals surface area contributed by atoms with Gasteiger partial charge in [-0.15, -0.1) is 0 Å². The molecule has 6 heteroatoms. The van der Waals surface area contributed by atoms with Crippen molar-refractivity contribution in [2.24, 2.45) is 11.8 Å². The van der Waals surface area contributed by atoms with Gasteiger partial charge in [-0.3, -0.25) is 14.4 Å². The fourth-order valence-corrected chi connectivity index (χ4v) is 3.30. The van der Waals surface area contributed by atoms with E-state index in [1.165, 1.54) is 0 Å². The standard InChI is InChI=1S/C20H36N2O4/c1-4-13-26-14-12-21-18(23)6-5-7-19(24)22-17-10-8-16(9-11-17)20(25)15(2)3/h15-17H,4-14H2,1-3H3,(H,21,23)(H,22,24). The highest BCUT2D eigenvalue weighted by molar-refractivity contribution is 5.83. The molecule has 0 aromatic carbocycles. The number of hydrogen-bond donors (Lipinski definition) is 2. The van der Waals surface area contributed by atoms with Gasteiger partial charge in [0.2, 0.25) is 11.8 Å². The molecule has 0 atom stereocenters.